The molecule has 0 N–H and O–H groups in total. The van der Waals surface area contributed by atoms with Crippen LogP contribution in [0, 0.1) is 0 Å². The van der Waals surface area contributed by atoms with E-state index in [0.29, 0.717) is 0 Å². The van der Waals surface area contributed by atoms with Crippen LogP contribution in [-0.4, -0.2) is 28.8 Å². The van der Waals surface area contributed by atoms with Gasteiger partial charge in [-0.3, -0.25) is 10.0 Å². The summed E-state index contributed by atoms with van der Waals surface area (Å²) in [5.74, 6) is 0. The number of nitrogens with zero attached hydrogens (tertiary/aromatic N) is 3. The largest absolute Gasteiger partial charge is 0.269 e. The fraction of sp³-hybridized carbons (Fsp3) is 0.286. The second-order valence-corrected chi connectivity index (χ2v) is 3.35. The fourth-order valence-corrected chi connectivity index (χ4v) is 1.98. The first-order valence-electron chi connectivity index (χ1n) is 3.40. The van der Waals surface area contributed by atoms with Crippen LogP contribution in [0.3, 0.4) is 0 Å². The van der Waals surface area contributed by atoms with Gasteiger partial charge in [-0.2, -0.15) is 0 Å². The summed E-state index contributed by atoms with van der Waals surface area (Å²) < 4.78 is 0. The number of aliphatic imine (C=N–C) groups is 1. The van der Waals surface area contributed by atoms with Crippen molar-refractivity contribution in [1.82, 2.24) is 10.0 Å². The molecule has 0 atom stereocenters. The first-order valence-corrected chi connectivity index (χ1v) is 4.21. The van der Waals surface area contributed by atoms with Crippen LogP contribution in [0.25, 0.3) is 0 Å². The van der Waals surface area contributed by atoms with Gasteiger partial charge in [0.2, 0.25) is 0 Å². The Morgan fingerprint density at radius 3 is 3.27 bits per heavy atom. The number of rotatable bonds is 0. The van der Waals surface area contributed by atoms with E-state index >= 15 is 0 Å². The summed E-state index contributed by atoms with van der Waals surface area (Å²) in [6, 6.07) is 0. The molecule has 0 spiro atoms. The highest BCUT2D eigenvalue weighted by Gasteiger charge is 2.30. The molecule has 0 aliphatic carbocycles. The Morgan fingerprint density at radius 1 is 1.73 bits per heavy atom. The smallest absolute Gasteiger partial charge is 0.188 e. The van der Waals surface area contributed by atoms with E-state index in [2.05, 4.69) is 22.7 Å². The molecular formula is C7H9N3S. The normalized spacial score (nSPS) is 25.5. The number of fused-ring (bicyclic) bond motifs is 1. The maximum Gasteiger partial charge on any atom is 0.188 e. The van der Waals surface area contributed by atoms with Gasteiger partial charge < -0.3 is 0 Å². The van der Waals surface area contributed by atoms with E-state index in [1.165, 1.54) is 0 Å². The van der Waals surface area contributed by atoms with Crippen molar-refractivity contribution >= 4 is 16.9 Å². The molecule has 3 nitrogen and oxygen atoms in total. The number of thioether (sulfide) groups is 1. The summed E-state index contributed by atoms with van der Waals surface area (Å²) in [6.45, 7) is 4.84. The van der Waals surface area contributed by atoms with Gasteiger partial charge in [-0.1, -0.05) is 6.58 Å². The summed E-state index contributed by atoms with van der Waals surface area (Å²) in [5, 5.41) is 6.17. The van der Waals surface area contributed by atoms with Gasteiger partial charge in [-0.15, -0.1) is 0 Å². The van der Waals surface area contributed by atoms with Crippen LogP contribution < -0.4 is 0 Å². The van der Waals surface area contributed by atoms with Gasteiger partial charge in [0.15, 0.2) is 5.17 Å². The Bertz CT molecular complexity index is 256. The van der Waals surface area contributed by atoms with E-state index in [9.17, 15) is 0 Å². The number of hydrogen-bond acceptors (Lipinski definition) is 3. The van der Waals surface area contributed by atoms with Crippen molar-refractivity contribution in [3.05, 3.63) is 23.9 Å². The van der Waals surface area contributed by atoms with Crippen molar-refractivity contribution in [1.29, 1.82) is 0 Å². The van der Waals surface area contributed by atoms with Gasteiger partial charge in [-0.05, 0) is 17.8 Å². The second kappa shape index (κ2) is 2.30. The van der Waals surface area contributed by atoms with E-state index in [0.717, 1.165) is 16.7 Å². The summed E-state index contributed by atoms with van der Waals surface area (Å²) in [6.07, 6.45) is 4.11. The van der Waals surface area contributed by atoms with Crippen LogP contribution in [0.5, 0.6) is 0 Å². The van der Waals surface area contributed by atoms with Gasteiger partial charge in [0, 0.05) is 13.2 Å². The third kappa shape index (κ3) is 0.860. The van der Waals surface area contributed by atoms with Crippen LogP contribution in [-0.2, 0) is 0 Å². The SMILES string of the molecule is C=C1SC(=NC)N2C=CCN12. The predicted molar refractivity (Wildman–Crippen MR) is 47.8 cm³/mol. The van der Waals surface area contributed by atoms with Crippen molar-refractivity contribution in [3.8, 4) is 0 Å². The first-order chi connectivity index (χ1) is 5.33. The number of hydrazine groups is 1. The molecule has 0 unspecified atom stereocenters. The van der Waals surface area contributed by atoms with Crippen LogP contribution in [0.1, 0.15) is 0 Å². The molecule has 4 heteroatoms. The zero-order valence-electron chi connectivity index (χ0n) is 6.32. The average Bonchev–Trinajstić information content (AvgIpc) is 2.54. The molecule has 1 saturated heterocycles. The highest BCUT2D eigenvalue weighted by Crippen LogP contribution is 2.34. The van der Waals surface area contributed by atoms with E-state index in [1.807, 2.05) is 11.2 Å². The Kier molecular flexibility index (Phi) is 1.42. The molecule has 0 aromatic rings. The zero-order valence-corrected chi connectivity index (χ0v) is 7.14. The average molecular weight is 167 g/mol. The number of hydrogen-bond donors (Lipinski definition) is 0. The van der Waals surface area contributed by atoms with Crippen LogP contribution in [0.15, 0.2) is 28.9 Å². The van der Waals surface area contributed by atoms with Crippen LogP contribution in [0.4, 0.5) is 0 Å². The fourth-order valence-electron chi connectivity index (χ4n) is 1.16. The molecule has 2 aliphatic rings. The van der Waals surface area contributed by atoms with Crippen LogP contribution in [0.2, 0.25) is 0 Å². The lowest BCUT2D eigenvalue weighted by molar-refractivity contribution is 0.209. The molecule has 0 aromatic heterocycles. The van der Waals surface area contributed by atoms with Gasteiger partial charge in [-0.25, -0.2) is 5.01 Å². The van der Waals surface area contributed by atoms with Gasteiger partial charge in [0.1, 0.15) is 0 Å². The van der Waals surface area contributed by atoms with E-state index in [4.69, 9.17) is 0 Å². The molecule has 0 bridgehead atoms. The highest BCUT2D eigenvalue weighted by molar-refractivity contribution is 8.17. The minimum absolute atomic E-state index is 0.921. The van der Waals surface area contributed by atoms with E-state index in [1.54, 1.807) is 18.8 Å². The summed E-state index contributed by atoms with van der Waals surface area (Å²) in [4.78, 5) is 4.13. The summed E-state index contributed by atoms with van der Waals surface area (Å²) in [5.41, 5.74) is 0. The molecular weight excluding hydrogens is 158 g/mol. The van der Waals surface area contributed by atoms with Crippen molar-refractivity contribution < 1.29 is 0 Å². The Morgan fingerprint density at radius 2 is 2.55 bits per heavy atom. The highest BCUT2D eigenvalue weighted by atomic mass is 32.2. The van der Waals surface area contributed by atoms with Crippen molar-refractivity contribution in [2.45, 2.75) is 0 Å². The first kappa shape index (κ1) is 6.79. The van der Waals surface area contributed by atoms with Crippen molar-refractivity contribution in [3.63, 3.8) is 0 Å². The molecule has 2 rings (SSSR count). The third-order valence-electron chi connectivity index (χ3n) is 1.67. The van der Waals surface area contributed by atoms with Gasteiger partial charge in [0.25, 0.3) is 0 Å². The predicted octanol–water partition coefficient (Wildman–Crippen LogP) is 1.24. The Balaban J connectivity index is 2.32. The van der Waals surface area contributed by atoms with Crippen LogP contribution >= 0.6 is 11.8 Å². The lowest BCUT2D eigenvalue weighted by atomic mass is 10.6. The molecule has 1 fully saturated rings. The molecule has 0 aromatic carbocycles. The van der Waals surface area contributed by atoms with Gasteiger partial charge in [0.05, 0.1) is 11.6 Å². The topological polar surface area (TPSA) is 18.8 Å². The lowest BCUT2D eigenvalue weighted by Crippen LogP contribution is -2.29. The molecule has 11 heavy (non-hydrogen) atoms. The van der Waals surface area contributed by atoms with Crippen molar-refractivity contribution in [2.75, 3.05) is 13.6 Å². The third-order valence-corrected chi connectivity index (χ3v) is 2.67. The van der Waals surface area contributed by atoms with E-state index in [-0.39, 0.29) is 0 Å². The maximum atomic E-state index is 4.13. The Hall–Kier alpha value is -0.900. The Labute approximate surface area is 70.0 Å². The summed E-state index contributed by atoms with van der Waals surface area (Å²) in [7, 11) is 1.80. The zero-order chi connectivity index (χ0) is 7.84. The quantitative estimate of drug-likeness (QED) is 0.541. The monoisotopic (exact) mass is 167 g/mol. The molecule has 0 saturated carbocycles. The molecule has 2 heterocycles. The molecule has 0 amide bonds. The minimum Gasteiger partial charge on any atom is -0.269 e. The molecule has 2 aliphatic heterocycles. The van der Waals surface area contributed by atoms with Crippen molar-refractivity contribution in [2.24, 2.45) is 4.99 Å². The lowest BCUT2D eigenvalue weighted by Gasteiger charge is -2.19. The maximum absolute atomic E-state index is 4.13. The second-order valence-electron chi connectivity index (χ2n) is 2.31. The number of amidine groups is 1. The van der Waals surface area contributed by atoms with Gasteiger partial charge >= 0.3 is 0 Å². The molecule has 58 valence electrons. The molecule has 0 radical (unpaired) electrons. The standard InChI is InChI=1S/C7H9N3S/c1-6-9-4-3-5-10(9)7(8-2)11-6/h3,5H,1,4H2,2H3. The van der Waals surface area contributed by atoms with E-state index < -0.39 is 0 Å². The minimum atomic E-state index is 0.921. The summed E-state index contributed by atoms with van der Waals surface area (Å²) >= 11 is 1.61.